The predicted octanol–water partition coefficient (Wildman–Crippen LogP) is 2.18. The first-order valence-corrected chi connectivity index (χ1v) is 8.69. The third-order valence-corrected chi connectivity index (χ3v) is 4.97. The number of rotatable bonds is 3. The number of piperidine rings is 1. The van der Waals surface area contributed by atoms with Crippen molar-refractivity contribution < 1.29 is 14.2 Å². The van der Waals surface area contributed by atoms with Gasteiger partial charge in [-0.05, 0) is 23.6 Å². The Hall–Kier alpha value is -3.13. The van der Waals surface area contributed by atoms with Crippen molar-refractivity contribution in [2.45, 2.75) is 30.8 Å². The maximum atomic E-state index is 14.4. The smallest absolute Gasteiger partial charge is 0.336 e. The van der Waals surface area contributed by atoms with Gasteiger partial charge in [-0.1, -0.05) is 17.3 Å². The zero-order valence-corrected chi connectivity index (χ0v) is 14.2. The number of hydrogen-bond acceptors (Lipinski definition) is 7. The maximum absolute atomic E-state index is 14.4. The lowest BCUT2D eigenvalue weighted by Gasteiger charge is -2.32. The Bertz CT molecular complexity index is 1030. The average molecular weight is 365 g/mol. The zero-order chi connectivity index (χ0) is 18.4. The van der Waals surface area contributed by atoms with E-state index >= 15 is 0 Å². The van der Waals surface area contributed by atoms with Crippen LogP contribution < -0.4 is 10.1 Å². The Labute approximate surface area is 153 Å². The third kappa shape index (κ3) is 2.87. The molecule has 27 heavy (non-hydrogen) atoms. The van der Waals surface area contributed by atoms with Crippen LogP contribution in [-0.4, -0.2) is 49.6 Å². The highest BCUT2D eigenvalue weighted by molar-refractivity contribution is 5.89. The van der Waals surface area contributed by atoms with Crippen LogP contribution in [-0.2, 0) is 0 Å². The van der Waals surface area contributed by atoms with E-state index in [9.17, 15) is 9.50 Å². The number of nitrogens with one attached hydrogen (secondary N) is 1. The number of phenols is 1. The Balaban J connectivity index is 1.38. The number of alkyl halides is 1. The van der Waals surface area contributed by atoms with Gasteiger partial charge in [0.2, 0.25) is 0 Å². The van der Waals surface area contributed by atoms with E-state index in [2.05, 4.69) is 25.5 Å². The minimum atomic E-state index is -1.17. The number of benzene rings is 1. The van der Waals surface area contributed by atoms with Gasteiger partial charge in [-0.3, -0.25) is 4.98 Å². The molecular formula is C19H16FN5O2. The summed E-state index contributed by atoms with van der Waals surface area (Å²) in [6, 6.07) is 5.07. The summed E-state index contributed by atoms with van der Waals surface area (Å²) in [6.45, 7) is 0. The summed E-state index contributed by atoms with van der Waals surface area (Å²) in [5, 5.41) is 23.2. The van der Waals surface area contributed by atoms with Gasteiger partial charge in [-0.25, -0.2) is 9.37 Å². The van der Waals surface area contributed by atoms with Crippen LogP contribution in [0.2, 0.25) is 0 Å². The van der Waals surface area contributed by atoms with Gasteiger partial charge in [0.15, 0.2) is 6.17 Å². The number of ether oxygens (including phenoxy) is 1. The molecule has 1 fully saturated rings. The van der Waals surface area contributed by atoms with E-state index in [1.54, 1.807) is 24.5 Å². The second kappa shape index (κ2) is 6.24. The molecule has 0 radical (unpaired) electrons. The lowest BCUT2D eigenvalue weighted by Crippen LogP contribution is -2.52. The fourth-order valence-electron chi connectivity index (χ4n) is 3.59. The largest absolute Gasteiger partial charge is 0.507 e. The molecule has 2 unspecified atom stereocenters. The number of aromatic hydroxyl groups is 1. The molecule has 2 N–H and O–H groups in total. The summed E-state index contributed by atoms with van der Waals surface area (Å²) in [4.78, 5) is 8.19. The molecule has 4 heterocycles. The maximum Gasteiger partial charge on any atom is 0.336 e. The first-order chi connectivity index (χ1) is 13.2. The van der Waals surface area contributed by atoms with Crippen LogP contribution >= 0.6 is 0 Å². The van der Waals surface area contributed by atoms with E-state index in [-0.39, 0.29) is 23.8 Å². The van der Waals surface area contributed by atoms with E-state index in [4.69, 9.17) is 4.74 Å². The monoisotopic (exact) mass is 365 g/mol. The molecule has 0 saturated carbocycles. The SMILES string of the molecule is Oc1cc2cnccc2cc1-c1cnc(O[C@H]2CC3C=CC(N3)[C@@H]2F)nn1. The van der Waals surface area contributed by atoms with Gasteiger partial charge in [-0.15, -0.1) is 5.10 Å². The van der Waals surface area contributed by atoms with Crippen LogP contribution in [0.3, 0.4) is 0 Å². The fourth-order valence-corrected chi connectivity index (χ4v) is 3.59. The highest BCUT2D eigenvalue weighted by atomic mass is 19.1. The van der Waals surface area contributed by atoms with Crippen molar-refractivity contribution in [2.75, 3.05) is 0 Å². The lowest BCUT2D eigenvalue weighted by atomic mass is 9.99. The Morgan fingerprint density at radius 3 is 2.93 bits per heavy atom. The van der Waals surface area contributed by atoms with Crippen molar-refractivity contribution in [1.82, 2.24) is 25.5 Å². The quantitative estimate of drug-likeness (QED) is 0.687. The Morgan fingerprint density at radius 1 is 1.15 bits per heavy atom. The van der Waals surface area contributed by atoms with Gasteiger partial charge in [0, 0.05) is 35.8 Å². The molecule has 136 valence electrons. The highest BCUT2D eigenvalue weighted by Gasteiger charge is 2.40. The zero-order valence-electron chi connectivity index (χ0n) is 14.2. The summed E-state index contributed by atoms with van der Waals surface area (Å²) in [5.41, 5.74) is 0.912. The topological polar surface area (TPSA) is 93.1 Å². The summed E-state index contributed by atoms with van der Waals surface area (Å²) in [6.07, 6.45) is 7.34. The number of aromatic nitrogens is 4. The van der Waals surface area contributed by atoms with E-state index < -0.39 is 12.3 Å². The van der Waals surface area contributed by atoms with E-state index in [1.807, 2.05) is 18.2 Å². The first-order valence-electron chi connectivity index (χ1n) is 8.69. The lowest BCUT2D eigenvalue weighted by molar-refractivity contribution is 0.0438. The van der Waals surface area contributed by atoms with E-state index in [1.165, 1.54) is 6.20 Å². The summed E-state index contributed by atoms with van der Waals surface area (Å²) in [5.74, 6) is 0.0603. The Morgan fingerprint density at radius 2 is 2.07 bits per heavy atom. The standard InChI is InChI=1S/C19H16FN5O2/c20-18-14-2-1-12(23-14)7-17(18)27-19-22-9-15(24-25-19)13-5-10-3-4-21-8-11(10)6-16(13)26/h1-6,8-9,12,14,17-18,23,26H,7H2/t12?,14?,17-,18-/m0/s1. The summed E-state index contributed by atoms with van der Waals surface area (Å²) >= 11 is 0. The average Bonchev–Trinajstić information content (AvgIpc) is 3.10. The number of halogens is 1. The highest BCUT2D eigenvalue weighted by Crippen LogP contribution is 2.32. The normalized spacial score (nSPS) is 26.4. The molecular weight excluding hydrogens is 349 g/mol. The Kier molecular flexibility index (Phi) is 3.71. The minimum absolute atomic E-state index is 0.0252. The van der Waals surface area contributed by atoms with Gasteiger partial charge < -0.3 is 15.2 Å². The summed E-state index contributed by atoms with van der Waals surface area (Å²) < 4.78 is 20.0. The van der Waals surface area contributed by atoms with Crippen LogP contribution in [0.1, 0.15) is 6.42 Å². The van der Waals surface area contributed by atoms with E-state index in [0.717, 1.165) is 10.8 Å². The van der Waals surface area contributed by atoms with Gasteiger partial charge in [0.1, 0.15) is 17.5 Å². The molecule has 4 atom stereocenters. The molecule has 8 heteroatoms. The van der Waals surface area contributed by atoms with Crippen molar-refractivity contribution in [3.63, 3.8) is 0 Å². The minimum Gasteiger partial charge on any atom is -0.507 e. The number of hydrogen-bond donors (Lipinski definition) is 2. The van der Waals surface area contributed by atoms with Gasteiger partial charge >= 0.3 is 6.01 Å². The van der Waals surface area contributed by atoms with Crippen molar-refractivity contribution in [1.29, 1.82) is 0 Å². The third-order valence-electron chi connectivity index (χ3n) is 4.97. The van der Waals surface area contributed by atoms with Crippen LogP contribution in [0, 0.1) is 0 Å². The molecule has 2 aromatic heterocycles. The molecule has 0 spiro atoms. The van der Waals surface area contributed by atoms with Gasteiger partial charge in [-0.2, -0.15) is 0 Å². The summed E-state index contributed by atoms with van der Waals surface area (Å²) in [7, 11) is 0. The van der Waals surface area contributed by atoms with E-state index in [0.29, 0.717) is 17.7 Å². The van der Waals surface area contributed by atoms with Gasteiger partial charge in [0.05, 0.1) is 12.2 Å². The number of pyridine rings is 1. The molecule has 2 bridgehead atoms. The second-order valence-corrected chi connectivity index (χ2v) is 6.74. The molecule has 1 aromatic carbocycles. The van der Waals surface area contributed by atoms with Crippen molar-refractivity contribution >= 4 is 10.8 Å². The van der Waals surface area contributed by atoms with Crippen LogP contribution in [0.25, 0.3) is 22.0 Å². The van der Waals surface area contributed by atoms with Crippen molar-refractivity contribution in [2.24, 2.45) is 0 Å². The van der Waals surface area contributed by atoms with Crippen molar-refractivity contribution in [3.05, 3.63) is 48.9 Å². The fraction of sp³-hybridized carbons (Fsp3) is 0.263. The number of nitrogens with zero attached hydrogens (tertiary/aromatic N) is 4. The van der Waals surface area contributed by atoms with Crippen LogP contribution in [0.4, 0.5) is 4.39 Å². The predicted molar refractivity (Wildman–Crippen MR) is 96.0 cm³/mol. The molecule has 2 aliphatic rings. The second-order valence-electron chi connectivity index (χ2n) is 6.74. The molecule has 5 rings (SSSR count). The van der Waals surface area contributed by atoms with Crippen molar-refractivity contribution in [3.8, 4) is 23.0 Å². The van der Waals surface area contributed by atoms with Crippen LogP contribution in [0.5, 0.6) is 11.8 Å². The molecule has 0 amide bonds. The molecule has 0 aliphatic carbocycles. The van der Waals surface area contributed by atoms with Gasteiger partial charge in [0.25, 0.3) is 0 Å². The molecule has 2 aliphatic heterocycles. The first kappa shape index (κ1) is 16.1. The molecule has 7 nitrogen and oxygen atoms in total. The molecule has 3 aromatic rings. The number of phenolic OH excluding ortho intramolecular Hbond substituents is 1. The number of fused-ring (bicyclic) bond motifs is 3. The van der Waals surface area contributed by atoms with Crippen LogP contribution in [0.15, 0.2) is 48.9 Å². The molecule has 1 saturated heterocycles.